The van der Waals surface area contributed by atoms with Crippen LogP contribution in [-0.4, -0.2) is 64.0 Å². The van der Waals surface area contributed by atoms with Gasteiger partial charge in [0.05, 0.1) is 29.2 Å². The molecule has 0 saturated carbocycles. The van der Waals surface area contributed by atoms with Gasteiger partial charge in [-0.25, -0.2) is 19.3 Å². The lowest BCUT2D eigenvalue weighted by Gasteiger charge is -2.30. The van der Waals surface area contributed by atoms with E-state index in [0.717, 1.165) is 0 Å². The summed E-state index contributed by atoms with van der Waals surface area (Å²) in [5.41, 5.74) is 1.69. The number of carbonyl (C=O) groups excluding carboxylic acids is 2. The predicted octanol–water partition coefficient (Wildman–Crippen LogP) is 4.29. The second-order valence-corrected chi connectivity index (χ2v) is 10.3. The van der Waals surface area contributed by atoms with E-state index in [1.54, 1.807) is 56.9 Å². The molecule has 0 saturated heterocycles. The molecule has 4 heterocycles. The topological polar surface area (TPSA) is 120 Å². The average molecular weight is 545 g/mol. The third kappa shape index (κ3) is 6.05. The molecule has 11 nitrogen and oxygen atoms in total. The van der Waals surface area contributed by atoms with Crippen molar-refractivity contribution in [1.29, 1.82) is 0 Å². The first-order valence-electron chi connectivity index (χ1n) is 11.4. The number of hydrogen-bond donors (Lipinski definition) is 0. The number of ketones is 1. The van der Waals surface area contributed by atoms with Crippen LogP contribution >= 0.6 is 23.2 Å². The monoisotopic (exact) mass is 544 g/mol. The van der Waals surface area contributed by atoms with Crippen LogP contribution in [0.5, 0.6) is 0 Å². The van der Waals surface area contributed by atoms with E-state index in [9.17, 15) is 9.59 Å². The summed E-state index contributed by atoms with van der Waals surface area (Å²) in [5, 5.41) is 13.0. The highest BCUT2D eigenvalue weighted by Crippen LogP contribution is 2.27. The third-order valence-electron chi connectivity index (χ3n) is 5.50. The lowest BCUT2D eigenvalue weighted by atomic mass is 10.0. The van der Waals surface area contributed by atoms with Gasteiger partial charge in [-0.3, -0.25) is 4.79 Å². The zero-order valence-electron chi connectivity index (χ0n) is 21.0. The molecule has 0 fully saturated rings. The molecule has 1 atom stereocenters. The van der Waals surface area contributed by atoms with Crippen LogP contribution in [0.3, 0.4) is 0 Å². The van der Waals surface area contributed by atoms with E-state index >= 15 is 0 Å². The number of hydrogen-bond acceptors (Lipinski definition) is 8. The van der Waals surface area contributed by atoms with Crippen LogP contribution in [0.15, 0.2) is 36.9 Å². The summed E-state index contributed by atoms with van der Waals surface area (Å²) in [5.74, 6) is 0.268. The van der Waals surface area contributed by atoms with Gasteiger partial charge in [-0.05, 0) is 39.3 Å². The van der Waals surface area contributed by atoms with Gasteiger partial charge in [-0.1, -0.05) is 23.2 Å². The molecule has 4 aromatic rings. The minimum absolute atomic E-state index is 0.0440. The van der Waals surface area contributed by atoms with Gasteiger partial charge in [0.2, 0.25) is 0 Å². The van der Waals surface area contributed by atoms with Crippen LogP contribution in [0.25, 0.3) is 11.5 Å². The zero-order chi connectivity index (χ0) is 26.9. The summed E-state index contributed by atoms with van der Waals surface area (Å²) >= 11 is 12.5. The van der Waals surface area contributed by atoms with E-state index < -0.39 is 17.7 Å². The van der Waals surface area contributed by atoms with Crippen molar-refractivity contribution in [2.75, 3.05) is 7.05 Å². The molecule has 37 heavy (non-hydrogen) atoms. The zero-order valence-corrected chi connectivity index (χ0v) is 22.5. The number of nitrogens with zero attached hydrogens (tertiary/aromatic N) is 8. The molecule has 0 spiro atoms. The van der Waals surface area contributed by atoms with E-state index in [1.807, 2.05) is 6.92 Å². The second-order valence-electron chi connectivity index (χ2n) is 9.53. The van der Waals surface area contributed by atoms with Crippen LogP contribution < -0.4 is 0 Å². The standard InChI is InChI=1S/C24H26Cl2N8O3/c1-14(32(5)23(36)37-24(2,3)4)21-16(13-27-20-11-19(26)31-33(20)21)10-17(35)8-15-9-18(25)22(28-12-15)34-29-6-7-30-34/h6-7,9,11-14H,8,10H2,1-5H3/t14-/m0/s1. The fourth-order valence-electron chi connectivity index (χ4n) is 3.76. The van der Waals surface area contributed by atoms with Crippen molar-refractivity contribution in [3.05, 3.63) is 63.9 Å². The van der Waals surface area contributed by atoms with Crippen molar-refractivity contribution in [3.8, 4) is 5.82 Å². The molecule has 4 aromatic heterocycles. The molecule has 194 valence electrons. The van der Waals surface area contributed by atoms with Gasteiger partial charge in [-0.15, -0.1) is 4.80 Å². The molecular weight excluding hydrogens is 519 g/mol. The molecule has 0 aromatic carbocycles. The van der Waals surface area contributed by atoms with Crippen molar-refractivity contribution >= 4 is 40.7 Å². The third-order valence-corrected chi connectivity index (χ3v) is 5.97. The first-order chi connectivity index (χ1) is 17.4. The molecule has 0 aliphatic heterocycles. The Morgan fingerprint density at radius 1 is 1.08 bits per heavy atom. The Balaban J connectivity index is 1.60. The van der Waals surface area contributed by atoms with Crippen LogP contribution in [0.4, 0.5) is 4.79 Å². The van der Waals surface area contributed by atoms with Crippen molar-refractivity contribution in [1.82, 2.24) is 39.5 Å². The number of rotatable bonds is 7. The predicted molar refractivity (Wildman–Crippen MR) is 137 cm³/mol. The Bertz CT molecular complexity index is 1450. The van der Waals surface area contributed by atoms with Crippen molar-refractivity contribution in [3.63, 3.8) is 0 Å². The van der Waals surface area contributed by atoms with Crippen molar-refractivity contribution in [2.24, 2.45) is 0 Å². The molecule has 0 radical (unpaired) electrons. The molecular formula is C24H26Cl2N8O3. The van der Waals surface area contributed by atoms with E-state index in [-0.39, 0.29) is 23.8 Å². The molecule has 0 aliphatic carbocycles. The van der Waals surface area contributed by atoms with Crippen LogP contribution in [0, 0.1) is 0 Å². The summed E-state index contributed by atoms with van der Waals surface area (Å²) in [7, 11) is 1.63. The van der Waals surface area contributed by atoms with Gasteiger partial charge in [0.25, 0.3) is 0 Å². The largest absolute Gasteiger partial charge is 0.444 e. The maximum Gasteiger partial charge on any atom is 0.410 e. The first-order valence-corrected chi connectivity index (χ1v) is 12.2. The molecule has 4 rings (SSSR count). The lowest BCUT2D eigenvalue weighted by molar-refractivity contribution is -0.117. The Hall–Kier alpha value is -3.57. The highest BCUT2D eigenvalue weighted by Gasteiger charge is 2.28. The Morgan fingerprint density at radius 2 is 1.78 bits per heavy atom. The fourth-order valence-corrected chi connectivity index (χ4v) is 4.20. The van der Waals surface area contributed by atoms with Gasteiger partial charge >= 0.3 is 6.09 Å². The number of carbonyl (C=O) groups is 2. The molecule has 0 bridgehead atoms. The summed E-state index contributed by atoms with van der Waals surface area (Å²) in [4.78, 5) is 37.4. The second kappa shape index (κ2) is 10.4. The fraction of sp³-hybridized carbons (Fsp3) is 0.375. The maximum absolute atomic E-state index is 13.1. The molecule has 0 N–H and O–H groups in total. The Labute approximate surface area is 223 Å². The average Bonchev–Trinajstić information content (AvgIpc) is 3.46. The lowest BCUT2D eigenvalue weighted by Crippen LogP contribution is -2.37. The minimum Gasteiger partial charge on any atom is -0.444 e. The van der Waals surface area contributed by atoms with Crippen molar-refractivity contribution < 1.29 is 14.3 Å². The highest BCUT2D eigenvalue weighted by atomic mass is 35.5. The van der Waals surface area contributed by atoms with E-state index in [1.165, 1.54) is 22.1 Å². The highest BCUT2D eigenvalue weighted by molar-refractivity contribution is 6.32. The molecule has 13 heteroatoms. The normalized spacial score (nSPS) is 12.5. The van der Waals surface area contributed by atoms with E-state index in [0.29, 0.717) is 33.3 Å². The maximum atomic E-state index is 13.1. The SMILES string of the molecule is C[C@@H](c1c(CC(=O)Cc2cnc(-n3nccn3)c(Cl)c2)cnc2cc(Cl)nn12)N(C)C(=O)OC(C)(C)C. The van der Waals surface area contributed by atoms with Gasteiger partial charge in [0, 0.05) is 43.9 Å². The minimum atomic E-state index is -0.662. The molecule has 0 unspecified atom stereocenters. The molecule has 1 amide bonds. The van der Waals surface area contributed by atoms with Crippen LogP contribution in [-0.2, 0) is 22.4 Å². The van der Waals surface area contributed by atoms with E-state index in [2.05, 4.69) is 25.3 Å². The summed E-state index contributed by atoms with van der Waals surface area (Å²) in [6.07, 6.45) is 5.84. The number of amides is 1. The number of Topliss-reactive ketones (excluding diaryl/α,β-unsaturated/α-hetero) is 1. The quantitative estimate of drug-likeness (QED) is 0.337. The first kappa shape index (κ1) is 26.5. The summed E-state index contributed by atoms with van der Waals surface area (Å²) in [6.45, 7) is 7.22. The van der Waals surface area contributed by atoms with Crippen LogP contribution in [0.1, 0.15) is 50.6 Å². The number of ether oxygens (including phenoxy) is 1. The number of halogens is 2. The van der Waals surface area contributed by atoms with Crippen LogP contribution in [0.2, 0.25) is 10.2 Å². The number of fused-ring (bicyclic) bond motifs is 1. The smallest absolute Gasteiger partial charge is 0.410 e. The number of aromatic nitrogens is 7. The van der Waals surface area contributed by atoms with Gasteiger partial charge < -0.3 is 9.64 Å². The van der Waals surface area contributed by atoms with E-state index in [4.69, 9.17) is 27.9 Å². The number of pyridine rings is 1. The molecule has 0 aliphatic rings. The van der Waals surface area contributed by atoms with Gasteiger partial charge in [0.1, 0.15) is 11.4 Å². The Kier molecular flexibility index (Phi) is 7.47. The van der Waals surface area contributed by atoms with Gasteiger partial charge in [0.15, 0.2) is 16.6 Å². The van der Waals surface area contributed by atoms with Crippen molar-refractivity contribution in [2.45, 2.75) is 52.2 Å². The Morgan fingerprint density at radius 3 is 2.43 bits per heavy atom. The summed E-state index contributed by atoms with van der Waals surface area (Å²) in [6, 6.07) is 2.77. The summed E-state index contributed by atoms with van der Waals surface area (Å²) < 4.78 is 7.08. The van der Waals surface area contributed by atoms with Gasteiger partial charge in [-0.2, -0.15) is 15.3 Å².